The molecule has 35 heavy (non-hydrogen) atoms. The summed E-state index contributed by atoms with van der Waals surface area (Å²) in [5, 5.41) is 3.67. The number of benzene rings is 2. The third-order valence-electron chi connectivity index (χ3n) is 5.70. The first kappa shape index (κ1) is 29.1. The molecule has 0 unspecified atom stereocenters. The number of carbonyl (C=O) groups is 2. The van der Waals surface area contributed by atoms with E-state index in [1.807, 2.05) is 6.92 Å². The summed E-state index contributed by atoms with van der Waals surface area (Å²) in [6.45, 7) is 4.44. The van der Waals surface area contributed by atoms with Crippen LogP contribution in [0, 0.1) is 0 Å². The van der Waals surface area contributed by atoms with Crippen molar-refractivity contribution in [1.29, 1.82) is 0 Å². The molecule has 10 heteroatoms. The molecule has 2 amide bonds. The highest BCUT2D eigenvalue weighted by molar-refractivity contribution is 7.89. The van der Waals surface area contributed by atoms with Gasteiger partial charge in [0.25, 0.3) is 0 Å². The summed E-state index contributed by atoms with van der Waals surface area (Å²) >= 11 is 12.6. The van der Waals surface area contributed by atoms with Gasteiger partial charge >= 0.3 is 0 Å². The van der Waals surface area contributed by atoms with Crippen molar-refractivity contribution >= 4 is 45.0 Å². The van der Waals surface area contributed by atoms with Crippen molar-refractivity contribution in [2.75, 3.05) is 20.1 Å². The molecule has 2 rings (SSSR count). The van der Waals surface area contributed by atoms with Gasteiger partial charge in [-0.2, -0.15) is 0 Å². The van der Waals surface area contributed by atoms with Crippen molar-refractivity contribution in [2.45, 2.75) is 57.0 Å². The average Bonchev–Trinajstić information content (AvgIpc) is 2.84. The Hall–Kier alpha value is -2.13. The number of unbranched alkanes of at least 4 members (excludes halogenated alkanes) is 1. The normalized spacial score (nSPS) is 12.4. The number of nitrogens with zero attached hydrogens (tertiary/aromatic N) is 2. The quantitative estimate of drug-likeness (QED) is 0.371. The number of sulfonamides is 1. The van der Waals surface area contributed by atoms with Crippen molar-refractivity contribution in [1.82, 2.24) is 14.5 Å². The zero-order valence-corrected chi connectivity index (χ0v) is 22.7. The summed E-state index contributed by atoms with van der Waals surface area (Å²) < 4.78 is 26.7. The van der Waals surface area contributed by atoms with Gasteiger partial charge in [-0.05, 0) is 44.0 Å². The summed E-state index contributed by atoms with van der Waals surface area (Å²) in [4.78, 5) is 27.6. The number of nitrogens with one attached hydrogen (secondary N) is 1. The van der Waals surface area contributed by atoms with Gasteiger partial charge in [0.1, 0.15) is 6.04 Å². The first-order valence-corrected chi connectivity index (χ1v) is 13.8. The minimum atomic E-state index is -3.65. The molecular weight excluding hydrogens is 509 g/mol. The SMILES string of the molecule is CCCCNC(=O)[C@H](C)N(Cc1c(Cl)cccc1Cl)C(=O)CCCN(C)S(=O)(=O)c1ccccc1. The summed E-state index contributed by atoms with van der Waals surface area (Å²) in [5.41, 5.74) is 0.557. The minimum Gasteiger partial charge on any atom is -0.354 e. The van der Waals surface area contributed by atoms with E-state index in [1.54, 1.807) is 43.3 Å². The van der Waals surface area contributed by atoms with Crippen LogP contribution in [0.1, 0.15) is 45.1 Å². The first-order chi connectivity index (χ1) is 16.6. The van der Waals surface area contributed by atoms with Gasteiger partial charge in [0, 0.05) is 48.7 Å². The van der Waals surface area contributed by atoms with Gasteiger partial charge in [-0.3, -0.25) is 9.59 Å². The van der Waals surface area contributed by atoms with Crippen LogP contribution in [-0.4, -0.2) is 55.6 Å². The molecule has 0 radical (unpaired) electrons. The zero-order valence-electron chi connectivity index (χ0n) is 20.3. The highest BCUT2D eigenvalue weighted by Gasteiger charge is 2.28. The van der Waals surface area contributed by atoms with E-state index in [1.165, 1.54) is 28.4 Å². The molecule has 192 valence electrons. The fourth-order valence-electron chi connectivity index (χ4n) is 3.46. The number of hydrogen-bond donors (Lipinski definition) is 1. The lowest BCUT2D eigenvalue weighted by atomic mass is 10.1. The van der Waals surface area contributed by atoms with Crippen molar-refractivity contribution < 1.29 is 18.0 Å². The molecule has 0 aliphatic carbocycles. The van der Waals surface area contributed by atoms with Gasteiger partial charge in [-0.25, -0.2) is 12.7 Å². The van der Waals surface area contributed by atoms with Gasteiger partial charge in [0.15, 0.2) is 0 Å². The standard InChI is InChI=1S/C25H33Cl2N3O4S/c1-4-5-16-28-25(32)19(2)30(18-21-22(26)13-9-14-23(21)27)24(31)15-10-17-29(3)35(33,34)20-11-7-6-8-12-20/h6-9,11-14,19H,4-5,10,15-18H2,1-3H3,(H,28,32)/t19-/m0/s1. The Morgan fingerprint density at radius 3 is 2.23 bits per heavy atom. The lowest BCUT2D eigenvalue weighted by molar-refractivity contribution is -0.140. The predicted octanol–water partition coefficient (Wildman–Crippen LogP) is 4.73. The first-order valence-electron chi connectivity index (χ1n) is 11.6. The molecule has 1 N–H and O–H groups in total. The third kappa shape index (κ3) is 8.20. The van der Waals surface area contributed by atoms with Crippen LogP contribution in [0.3, 0.4) is 0 Å². The molecule has 0 saturated heterocycles. The fourth-order valence-corrected chi connectivity index (χ4v) is 5.21. The van der Waals surface area contributed by atoms with Crippen LogP contribution in [-0.2, 0) is 26.2 Å². The summed E-state index contributed by atoms with van der Waals surface area (Å²) in [7, 11) is -2.17. The van der Waals surface area contributed by atoms with Crippen molar-refractivity contribution in [3.63, 3.8) is 0 Å². The van der Waals surface area contributed by atoms with Crippen molar-refractivity contribution in [3.8, 4) is 0 Å². The molecule has 2 aromatic rings. The molecule has 1 atom stereocenters. The zero-order chi connectivity index (χ0) is 26.0. The second-order valence-electron chi connectivity index (χ2n) is 8.29. The Balaban J connectivity index is 2.11. The maximum Gasteiger partial charge on any atom is 0.242 e. The highest BCUT2D eigenvalue weighted by Crippen LogP contribution is 2.27. The van der Waals surface area contributed by atoms with Crippen molar-refractivity contribution in [2.24, 2.45) is 0 Å². The number of rotatable bonds is 13. The smallest absolute Gasteiger partial charge is 0.242 e. The molecule has 2 aromatic carbocycles. The van der Waals surface area contributed by atoms with Gasteiger partial charge in [-0.15, -0.1) is 0 Å². The second kappa shape index (κ2) is 13.8. The molecular formula is C25H33Cl2N3O4S. The van der Waals surface area contributed by atoms with E-state index >= 15 is 0 Å². The Morgan fingerprint density at radius 1 is 1.00 bits per heavy atom. The Kier molecular flexibility index (Phi) is 11.5. The largest absolute Gasteiger partial charge is 0.354 e. The summed E-state index contributed by atoms with van der Waals surface area (Å²) in [6.07, 6.45) is 2.12. The van der Waals surface area contributed by atoms with E-state index < -0.39 is 16.1 Å². The maximum atomic E-state index is 13.2. The Bertz CT molecular complexity index is 1080. The van der Waals surface area contributed by atoms with E-state index in [0.29, 0.717) is 28.6 Å². The topological polar surface area (TPSA) is 86.8 Å². The van der Waals surface area contributed by atoms with Gasteiger partial charge in [0.05, 0.1) is 4.90 Å². The average molecular weight is 543 g/mol. The van der Waals surface area contributed by atoms with Crippen LogP contribution in [0.15, 0.2) is 53.4 Å². The monoisotopic (exact) mass is 541 g/mol. The van der Waals surface area contributed by atoms with Crippen LogP contribution in [0.25, 0.3) is 0 Å². The molecule has 0 aromatic heterocycles. The Labute approximate surface area is 218 Å². The molecule has 0 fully saturated rings. The second-order valence-corrected chi connectivity index (χ2v) is 11.1. The minimum absolute atomic E-state index is 0.0588. The van der Waals surface area contributed by atoms with E-state index in [0.717, 1.165) is 12.8 Å². The highest BCUT2D eigenvalue weighted by atomic mass is 35.5. The maximum absolute atomic E-state index is 13.2. The van der Waals surface area contributed by atoms with E-state index in [2.05, 4.69) is 5.32 Å². The molecule has 0 saturated carbocycles. The molecule has 0 aliphatic rings. The third-order valence-corrected chi connectivity index (χ3v) is 8.28. The summed E-state index contributed by atoms with van der Waals surface area (Å²) in [5.74, 6) is -0.552. The molecule has 0 heterocycles. The fraction of sp³-hybridized carbons (Fsp3) is 0.440. The summed E-state index contributed by atoms with van der Waals surface area (Å²) in [6, 6.07) is 12.5. The number of amides is 2. The van der Waals surface area contributed by atoms with Crippen LogP contribution in [0.2, 0.25) is 10.0 Å². The number of halogens is 2. The van der Waals surface area contributed by atoms with Gasteiger partial charge in [0.2, 0.25) is 21.8 Å². The van der Waals surface area contributed by atoms with Gasteiger partial charge < -0.3 is 10.2 Å². The van der Waals surface area contributed by atoms with Crippen LogP contribution < -0.4 is 5.32 Å². The predicted molar refractivity (Wildman–Crippen MR) is 140 cm³/mol. The van der Waals surface area contributed by atoms with Crippen molar-refractivity contribution in [3.05, 3.63) is 64.1 Å². The lowest BCUT2D eigenvalue weighted by Gasteiger charge is -2.29. The lowest BCUT2D eigenvalue weighted by Crippen LogP contribution is -2.48. The van der Waals surface area contributed by atoms with Crippen LogP contribution >= 0.6 is 23.2 Å². The Morgan fingerprint density at radius 2 is 1.63 bits per heavy atom. The van der Waals surface area contributed by atoms with E-state index in [-0.39, 0.29) is 36.2 Å². The van der Waals surface area contributed by atoms with E-state index in [9.17, 15) is 18.0 Å². The number of carbonyl (C=O) groups excluding carboxylic acids is 2. The van der Waals surface area contributed by atoms with Crippen LogP contribution in [0.4, 0.5) is 0 Å². The van der Waals surface area contributed by atoms with E-state index in [4.69, 9.17) is 23.2 Å². The molecule has 0 aliphatic heterocycles. The molecule has 0 spiro atoms. The molecule has 7 nitrogen and oxygen atoms in total. The van der Waals surface area contributed by atoms with Crippen LogP contribution in [0.5, 0.6) is 0 Å². The van der Waals surface area contributed by atoms with Gasteiger partial charge in [-0.1, -0.05) is 60.8 Å². The number of hydrogen-bond acceptors (Lipinski definition) is 4. The molecule has 0 bridgehead atoms.